The van der Waals surface area contributed by atoms with Crippen molar-refractivity contribution in [1.29, 1.82) is 0 Å². The smallest absolute Gasteiger partial charge is 0.726 e. The van der Waals surface area contributed by atoms with E-state index in [-0.39, 0.29) is 60.6 Å². The summed E-state index contributed by atoms with van der Waals surface area (Å²) in [7, 11) is -4.73. The van der Waals surface area contributed by atoms with E-state index < -0.39 is 16.5 Å². The van der Waals surface area contributed by atoms with E-state index in [1.165, 1.54) is 6.92 Å². The second-order valence-electron chi connectivity index (χ2n) is 7.32. The van der Waals surface area contributed by atoms with Crippen LogP contribution in [0.15, 0.2) is 0 Å². The van der Waals surface area contributed by atoms with Gasteiger partial charge in [0.05, 0.1) is 63.6 Å². The van der Waals surface area contributed by atoms with Crippen LogP contribution < -0.4 is 29.6 Å². The van der Waals surface area contributed by atoms with E-state index in [2.05, 4.69) is 11.1 Å². The van der Waals surface area contributed by atoms with Crippen LogP contribution in [-0.2, 0) is 38.3 Å². The third-order valence-electron chi connectivity index (χ3n) is 3.74. The Morgan fingerprint density at radius 2 is 1.07 bits per heavy atom. The van der Waals surface area contributed by atoms with E-state index in [0.29, 0.717) is 26.4 Å². The van der Waals surface area contributed by atoms with Crippen LogP contribution in [0.1, 0.15) is 54.4 Å². The Morgan fingerprint density at radius 3 is 1.43 bits per heavy atom. The molecule has 0 saturated carbocycles. The van der Waals surface area contributed by atoms with Crippen molar-refractivity contribution in [2.45, 2.75) is 84.9 Å². The second kappa shape index (κ2) is 19.2. The summed E-state index contributed by atoms with van der Waals surface area (Å²) in [5, 5.41) is 0. The van der Waals surface area contributed by atoms with Gasteiger partial charge in [-0.1, -0.05) is 13.3 Å². The molecule has 0 bridgehead atoms. The summed E-state index contributed by atoms with van der Waals surface area (Å²) in [5.41, 5.74) is 0. The van der Waals surface area contributed by atoms with Gasteiger partial charge in [-0.2, -0.15) is 0 Å². The minimum atomic E-state index is -4.73. The van der Waals surface area contributed by atoms with E-state index in [1.54, 1.807) is 6.92 Å². The predicted octanol–water partition coefficient (Wildman–Crippen LogP) is -0.707. The van der Waals surface area contributed by atoms with Gasteiger partial charge in [-0.3, -0.25) is 4.18 Å². The molecule has 176 valence electrons. The molecule has 0 aromatic heterocycles. The summed E-state index contributed by atoms with van der Waals surface area (Å²) >= 11 is 0. The maximum absolute atomic E-state index is 10.5. The summed E-state index contributed by atoms with van der Waals surface area (Å²) in [6.45, 7) is 13.7. The summed E-state index contributed by atoms with van der Waals surface area (Å²) < 4.78 is 63.8. The van der Waals surface area contributed by atoms with Gasteiger partial charge in [-0.05, 0) is 41.0 Å². The molecule has 0 aliphatic heterocycles. The fourth-order valence-corrected chi connectivity index (χ4v) is 2.57. The van der Waals surface area contributed by atoms with Crippen molar-refractivity contribution >= 4 is 10.4 Å². The fourth-order valence-electron chi connectivity index (χ4n) is 2.12. The Balaban J connectivity index is 0. The molecule has 0 saturated heterocycles. The maximum Gasteiger partial charge on any atom is 1.00 e. The normalized spacial score (nSPS) is 17.0. The first-order valence-corrected chi connectivity index (χ1v) is 11.5. The standard InChI is InChI=1S/C19H40O9S.Na/c1-7-8-9-23-10-15(2)24-11-16(3)25-12-17(4)26-13-18(5)27-14-19(6)28-29(20,21)22;/h15-19H,7-14H2,1-6H3,(H,20,21,22);/q;+1/p-1. The summed E-state index contributed by atoms with van der Waals surface area (Å²) in [6.07, 6.45) is 0.849. The van der Waals surface area contributed by atoms with Crippen molar-refractivity contribution in [3.8, 4) is 0 Å². The predicted molar refractivity (Wildman–Crippen MR) is 108 cm³/mol. The van der Waals surface area contributed by atoms with E-state index in [1.807, 2.05) is 20.8 Å². The van der Waals surface area contributed by atoms with Crippen molar-refractivity contribution in [1.82, 2.24) is 0 Å². The van der Waals surface area contributed by atoms with Gasteiger partial charge in [0, 0.05) is 6.61 Å². The molecule has 0 spiro atoms. The van der Waals surface area contributed by atoms with Crippen LogP contribution in [0.4, 0.5) is 0 Å². The zero-order valence-corrected chi connectivity index (χ0v) is 22.4. The molecule has 0 aliphatic carbocycles. The molecule has 0 radical (unpaired) electrons. The zero-order valence-electron chi connectivity index (χ0n) is 19.6. The Labute approximate surface area is 204 Å². The van der Waals surface area contributed by atoms with Crippen LogP contribution >= 0.6 is 0 Å². The molecular weight excluding hydrogens is 427 g/mol. The molecule has 0 amide bonds. The third kappa shape index (κ3) is 21.9. The molecule has 0 aromatic carbocycles. The van der Waals surface area contributed by atoms with Gasteiger partial charge in [0.25, 0.3) is 0 Å². The van der Waals surface area contributed by atoms with Crippen LogP contribution in [0.3, 0.4) is 0 Å². The number of hydrogen-bond acceptors (Lipinski definition) is 9. The third-order valence-corrected chi connectivity index (χ3v) is 4.30. The van der Waals surface area contributed by atoms with Gasteiger partial charge in [0.15, 0.2) is 0 Å². The number of unbranched alkanes of at least 4 members (excludes halogenated alkanes) is 1. The van der Waals surface area contributed by atoms with Crippen LogP contribution in [-0.4, -0.2) is 83.1 Å². The molecule has 5 atom stereocenters. The van der Waals surface area contributed by atoms with Crippen LogP contribution in [0.2, 0.25) is 0 Å². The van der Waals surface area contributed by atoms with E-state index in [4.69, 9.17) is 23.7 Å². The molecule has 30 heavy (non-hydrogen) atoms. The van der Waals surface area contributed by atoms with Crippen molar-refractivity contribution in [2.75, 3.05) is 39.6 Å². The van der Waals surface area contributed by atoms with Crippen molar-refractivity contribution in [3.63, 3.8) is 0 Å². The van der Waals surface area contributed by atoms with Crippen molar-refractivity contribution in [2.24, 2.45) is 0 Å². The van der Waals surface area contributed by atoms with Crippen LogP contribution in [0.25, 0.3) is 0 Å². The first kappa shape index (κ1) is 32.8. The molecule has 0 heterocycles. The molecule has 0 aliphatic rings. The number of ether oxygens (including phenoxy) is 5. The largest absolute Gasteiger partial charge is 1.00 e. The van der Waals surface area contributed by atoms with Gasteiger partial charge < -0.3 is 28.2 Å². The minimum absolute atomic E-state index is 0. The number of hydrogen-bond donors (Lipinski definition) is 0. The van der Waals surface area contributed by atoms with Gasteiger partial charge in [0.1, 0.15) is 0 Å². The zero-order chi connectivity index (χ0) is 22.3. The average Bonchev–Trinajstić information content (AvgIpc) is 2.63. The van der Waals surface area contributed by atoms with E-state index in [0.717, 1.165) is 19.4 Å². The van der Waals surface area contributed by atoms with E-state index in [9.17, 15) is 13.0 Å². The Bertz CT molecular complexity index is 492. The topological polar surface area (TPSA) is 113 Å². The molecule has 0 aromatic rings. The van der Waals surface area contributed by atoms with Gasteiger partial charge in [0.2, 0.25) is 10.4 Å². The molecular formula is C19H39NaO9S. The maximum atomic E-state index is 10.5. The summed E-state index contributed by atoms with van der Waals surface area (Å²) in [4.78, 5) is 0. The minimum Gasteiger partial charge on any atom is -0.726 e. The monoisotopic (exact) mass is 466 g/mol. The van der Waals surface area contributed by atoms with Gasteiger partial charge >= 0.3 is 29.6 Å². The Morgan fingerprint density at radius 1 is 0.700 bits per heavy atom. The molecule has 0 N–H and O–H groups in total. The Kier molecular flexibility index (Phi) is 21.0. The first-order valence-electron chi connectivity index (χ1n) is 10.2. The van der Waals surface area contributed by atoms with Crippen molar-refractivity contribution < 1.29 is 70.4 Å². The molecule has 0 rings (SSSR count). The molecule has 9 nitrogen and oxygen atoms in total. The average molecular weight is 467 g/mol. The Hall–Kier alpha value is 0.670. The summed E-state index contributed by atoms with van der Waals surface area (Å²) in [6, 6.07) is 0. The van der Waals surface area contributed by atoms with Crippen LogP contribution in [0.5, 0.6) is 0 Å². The van der Waals surface area contributed by atoms with Gasteiger partial charge in [-0.25, -0.2) is 8.42 Å². The summed E-state index contributed by atoms with van der Waals surface area (Å²) in [5.74, 6) is 0. The number of rotatable bonds is 19. The van der Waals surface area contributed by atoms with Crippen LogP contribution in [0, 0.1) is 0 Å². The SMILES string of the molecule is CCCCOCC(C)OCC(C)OCC(C)OCC(C)OCC(C)OS(=O)(=O)[O-].[Na+]. The molecule has 11 heteroatoms. The van der Waals surface area contributed by atoms with Gasteiger partial charge in [-0.15, -0.1) is 0 Å². The van der Waals surface area contributed by atoms with E-state index >= 15 is 0 Å². The first-order chi connectivity index (χ1) is 13.5. The molecule has 0 fully saturated rings. The van der Waals surface area contributed by atoms with Crippen molar-refractivity contribution in [3.05, 3.63) is 0 Å². The molecule has 5 unspecified atom stereocenters. The quantitative estimate of drug-likeness (QED) is 0.105. The fraction of sp³-hybridized carbons (Fsp3) is 1.00. The second-order valence-corrected chi connectivity index (χ2v) is 8.33.